The van der Waals surface area contributed by atoms with Crippen LogP contribution in [-0.4, -0.2) is 38.5 Å². The maximum atomic E-state index is 13.6. The van der Waals surface area contributed by atoms with Crippen LogP contribution in [0.1, 0.15) is 32.7 Å². The summed E-state index contributed by atoms with van der Waals surface area (Å²) in [5, 5.41) is 2.64. The molecule has 1 aliphatic rings. The molecule has 1 atom stereocenters. The van der Waals surface area contributed by atoms with Gasteiger partial charge in [0.15, 0.2) is 0 Å². The van der Waals surface area contributed by atoms with Crippen LogP contribution >= 0.6 is 0 Å². The Hall–Kier alpha value is -4.21. The molecule has 1 aliphatic carbocycles. The number of imidazole rings is 1. The van der Waals surface area contributed by atoms with Crippen molar-refractivity contribution in [3.05, 3.63) is 95.6 Å². The zero-order valence-electron chi connectivity index (χ0n) is 19.6. The Morgan fingerprint density at radius 3 is 2.53 bits per heavy atom. The Labute approximate surface area is 205 Å². The van der Waals surface area contributed by atoms with Crippen molar-refractivity contribution in [3.63, 3.8) is 0 Å². The first-order chi connectivity index (χ1) is 17.2. The molecule has 36 heavy (non-hydrogen) atoms. The van der Waals surface area contributed by atoms with Gasteiger partial charge in [-0.2, -0.15) is 13.2 Å². The predicted octanol–water partition coefficient (Wildman–Crippen LogP) is 4.85. The number of amides is 1. The molecular weight excluding hydrogens is 469 g/mol. The molecule has 0 unspecified atom stereocenters. The third-order valence-corrected chi connectivity index (χ3v) is 6.39. The molecule has 0 saturated carbocycles. The van der Waals surface area contributed by atoms with Gasteiger partial charge in [0.1, 0.15) is 6.33 Å². The first kappa shape index (κ1) is 23.5. The third kappa shape index (κ3) is 4.79. The number of carbonyl (C=O) groups is 1. The summed E-state index contributed by atoms with van der Waals surface area (Å²) in [6.07, 6.45) is 5.02. The number of carbonyl (C=O) groups excluding carboxylic acids is 1. The molecular formula is C26H23F3N6O. The van der Waals surface area contributed by atoms with Crippen molar-refractivity contribution >= 4 is 17.3 Å². The molecule has 0 bridgehead atoms. The molecule has 0 spiro atoms. The first-order valence-corrected chi connectivity index (χ1v) is 11.3. The minimum absolute atomic E-state index is 0.0540. The van der Waals surface area contributed by atoms with E-state index in [4.69, 9.17) is 0 Å². The standard InChI is InChI=1S/C26H23F3N6O/c1-16-13-35(15-32-16)23-9-20(26(27,28)29)8-21(10-23)33-25(36)18-4-3-17-6-22(7-19(17)5-18)34(2)24-11-30-14-31-12-24/h3-5,8-15,22H,6-7H2,1-2H3,(H,33,36)/t22-/m1/s1. The molecule has 2 heterocycles. The number of rotatable bonds is 5. The SMILES string of the molecule is Cc1cn(-c2cc(NC(=O)c3ccc4c(c3)C[C@H](N(C)c3cncnc3)C4)cc(C(F)(F)F)c2)cn1. The summed E-state index contributed by atoms with van der Waals surface area (Å²) in [5.41, 5.74) is 3.58. The van der Waals surface area contributed by atoms with E-state index in [2.05, 4.69) is 25.2 Å². The predicted molar refractivity (Wildman–Crippen MR) is 129 cm³/mol. The highest BCUT2D eigenvalue weighted by Crippen LogP contribution is 2.33. The van der Waals surface area contributed by atoms with E-state index in [1.807, 2.05) is 19.2 Å². The van der Waals surface area contributed by atoms with Crippen LogP contribution in [0.3, 0.4) is 0 Å². The fourth-order valence-corrected chi connectivity index (χ4v) is 4.46. The summed E-state index contributed by atoms with van der Waals surface area (Å²) in [5.74, 6) is -0.474. The summed E-state index contributed by atoms with van der Waals surface area (Å²) in [4.78, 5) is 27.4. The summed E-state index contributed by atoms with van der Waals surface area (Å²) in [6, 6.07) is 9.07. The summed E-state index contributed by atoms with van der Waals surface area (Å²) < 4.78 is 42.2. The Balaban J connectivity index is 1.37. The number of hydrogen-bond donors (Lipinski definition) is 1. The summed E-state index contributed by atoms with van der Waals surface area (Å²) in [6.45, 7) is 1.75. The number of aryl methyl sites for hydroxylation is 1. The average molecular weight is 493 g/mol. The molecule has 0 aliphatic heterocycles. The van der Waals surface area contributed by atoms with E-state index >= 15 is 0 Å². The molecule has 0 radical (unpaired) electrons. The second-order valence-electron chi connectivity index (χ2n) is 8.90. The number of alkyl halides is 3. The van der Waals surface area contributed by atoms with Crippen molar-refractivity contribution in [1.82, 2.24) is 19.5 Å². The molecule has 0 fully saturated rings. The fraction of sp³-hybridized carbons (Fsp3) is 0.231. The molecule has 10 heteroatoms. The van der Waals surface area contributed by atoms with Gasteiger partial charge in [-0.25, -0.2) is 15.0 Å². The molecule has 5 rings (SSSR count). The maximum absolute atomic E-state index is 13.6. The van der Waals surface area contributed by atoms with Gasteiger partial charge in [-0.3, -0.25) is 4.79 Å². The molecule has 1 amide bonds. The van der Waals surface area contributed by atoms with E-state index in [1.165, 1.54) is 23.3 Å². The van der Waals surface area contributed by atoms with E-state index in [1.54, 1.807) is 31.6 Å². The average Bonchev–Trinajstić information content (AvgIpc) is 3.49. The second-order valence-corrected chi connectivity index (χ2v) is 8.90. The van der Waals surface area contributed by atoms with Crippen LogP contribution in [0, 0.1) is 6.92 Å². The normalized spacial score (nSPS) is 15.0. The highest BCUT2D eigenvalue weighted by atomic mass is 19.4. The number of fused-ring (bicyclic) bond motifs is 1. The van der Waals surface area contributed by atoms with E-state index in [0.29, 0.717) is 11.3 Å². The lowest BCUT2D eigenvalue weighted by atomic mass is 10.1. The van der Waals surface area contributed by atoms with Gasteiger partial charge in [0.25, 0.3) is 5.91 Å². The minimum atomic E-state index is -4.57. The molecule has 7 nitrogen and oxygen atoms in total. The van der Waals surface area contributed by atoms with E-state index < -0.39 is 17.6 Å². The highest BCUT2D eigenvalue weighted by molar-refractivity contribution is 6.04. The van der Waals surface area contributed by atoms with Crippen LogP contribution in [0.25, 0.3) is 5.69 Å². The number of benzene rings is 2. The molecule has 2 aromatic heterocycles. The number of anilines is 2. The summed E-state index contributed by atoms with van der Waals surface area (Å²) in [7, 11) is 1.98. The number of halogens is 3. The number of nitrogens with zero attached hydrogens (tertiary/aromatic N) is 5. The lowest BCUT2D eigenvalue weighted by Crippen LogP contribution is -2.32. The number of aromatic nitrogens is 4. The van der Waals surface area contributed by atoms with Gasteiger partial charge in [0.05, 0.1) is 35.7 Å². The largest absolute Gasteiger partial charge is 0.416 e. The van der Waals surface area contributed by atoms with Gasteiger partial charge in [-0.15, -0.1) is 0 Å². The van der Waals surface area contributed by atoms with Crippen LogP contribution in [0.15, 0.2) is 67.6 Å². The fourth-order valence-electron chi connectivity index (χ4n) is 4.46. The van der Waals surface area contributed by atoms with Crippen LogP contribution in [0.4, 0.5) is 24.5 Å². The van der Waals surface area contributed by atoms with Crippen molar-refractivity contribution in [2.24, 2.45) is 0 Å². The Morgan fingerprint density at radius 1 is 1.08 bits per heavy atom. The zero-order valence-corrected chi connectivity index (χ0v) is 19.6. The lowest BCUT2D eigenvalue weighted by molar-refractivity contribution is -0.137. The van der Waals surface area contributed by atoms with E-state index in [0.717, 1.165) is 41.8 Å². The van der Waals surface area contributed by atoms with Crippen molar-refractivity contribution in [2.45, 2.75) is 32.0 Å². The maximum Gasteiger partial charge on any atom is 0.416 e. The van der Waals surface area contributed by atoms with E-state index in [-0.39, 0.29) is 17.4 Å². The van der Waals surface area contributed by atoms with Gasteiger partial charge in [0, 0.05) is 36.2 Å². The number of nitrogens with one attached hydrogen (secondary N) is 1. The minimum Gasteiger partial charge on any atom is -0.368 e. The number of hydrogen-bond acceptors (Lipinski definition) is 5. The molecule has 184 valence electrons. The van der Waals surface area contributed by atoms with Crippen molar-refractivity contribution in [2.75, 3.05) is 17.3 Å². The second kappa shape index (κ2) is 9.10. The summed E-state index contributed by atoms with van der Waals surface area (Å²) >= 11 is 0. The van der Waals surface area contributed by atoms with Crippen molar-refractivity contribution in [3.8, 4) is 5.69 Å². The van der Waals surface area contributed by atoms with Gasteiger partial charge in [-0.05, 0) is 61.2 Å². The smallest absolute Gasteiger partial charge is 0.368 e. The van der Waals surface area contributed by atoms with Crippen molar-refractivity contribution < 1.29 is 18.0 Å². The molecule has 0 saturated heterocycles. The van der Waals surface area contributed by atoms with Gasteiger partial charge in [-0.1, -0.05) is 6.07 Å². The van der Waals surface area contributed by atoms with Crippen LogP contribution in [-0.2, 0) is 19.0 Å². The Morgan fingerprint density at radius 2 is 1.83 bits per heavy atom. The highest BCUT2D eigenvalue weighted by Gasteiger charge is 2.32. The van der Waals surface area contributed by atoms with E-state index in [9.17, 15) is 18.0 Å². The quantitative estimate of drug-likeness (QED) is 0.431. The van der Waals surface area contributed by atoms with Crippen LogP contribution in [0.2, 0.25) is 0 Å². The van der Waals surface area contributed by atoms with Crippen LogP contribution in [0.5, 0.6) is 0 Å². The molecule has 4 aromatic rings. The van der Waals surface area contributed by atoms with Crippen molar-refractivity contribution in [1.29, 1.82) is 0 Å². The topological polar surface area (TPSA) is 75.9 Å². The van der Waals surface area contributed by atoms with Gasteiger partial charge < -0.3 is 14.8 Å². The van der Waals surface area contributed by atoms with Gasteiger partial charge >= 0.3 is 6.18 Å². The Bertz CT molecular complexity index is 1420. The van der Waals surface area contributed by atoms with Crippen LogP contribution < -0.4 is 10.2 Å². The zero-order chi connectivity index (χ0) is 25.4. The molecule has 2 aromatic carbocycles. The Kier molecular flexibility index (Phi) is 5.95. The monoisotopic (exact) mass is 492 g/mol. The first-order valence-electron chi connectivity index (χ1n) is 11.3. The lowest BCUT2D eigenvalue weighted by Gasteiger charge is -2.25. The number of likely N-dealkylation sites (N-methyl/N-ethyl adjacent to an activating group) is 1. The molecule has 1 N–H and O–H groups in total. The van der Waals surface area contributed by atoms with Gasteiger partial charge in [0.2, 0.25) is 0 Å². The third-order valence-electron chi connectivity index (χ3n) is 6.39.